The SMILES string of the molecule is Cc1ccc(Oc2ccc(Nc3ncnc(Cl)c3C#N)cc2Cl)cn1. The van der Waals surface area contributed by atoms with Crippen LogP contribution in [0.2, 0.25) is 10.2 Å². The smallest absolute Gasteiger partial charge is 0.153 e. The second-order valence-corrected chi connectivity index (χ2v) is 5.77. The molecule has 0 aliphatic rings. The van der Waals surface area contributed by atoms with Crippen molar-refractivity contribution in [2.75, 3.05) is 5.32 Å². The molecule has 3 aromatic rings. The van der Waals surface area contributed by atoms with Gasteiger partial charge in [0.1, 0.15) is 29.5 Å². The van der Waals surface area contributed by atoms with E-state index in [9.17, 15) is 0 Å². The Morgan fingerprint density at radius 3 is 2.64 bits per heavy atom. The Kier molecular flexibility index (Phi) is 4.98. The lowest BCUT2D eigenvalue weighted by atomic mass is 10.2. The van der Waals surface area contributed by atoms with Gasteiger partial charge in [-0.2, -0.15) is 5.26 Å². The minimum Gasteiger partial charge on any atom is -0.454 e. The number of halogens is 2. The van der Waals surface area contributed by atoms with Gasteiger partial charge in [-0.15, -0.1) is 0 Å². The Bertz CT molecular complexity index is 954. The molecule has 6 nitrogen and oxygen atoms in total. The molecule has 25 heavy (non-hydrogen) atoms. The highest BCUT2D eigenvalue weighted by Gasteiger charge is 2.11. The number of aryl methyl sites for hydroxylation is 1. The van der Waals surface area contributed by atoms with Crippen molar-refractivity contribution in [3.05, 3.63) is 64.3 Å². The van der Waals surface area contributed by atoms with E-state index in [0.29, 0.717) is 28.0 Å². The molecule has 0 unspecified atom stereocenters. The molecule has 0 saturated carbocycles. The van der Waals surface area contributed by atoms with Gasteiger partial charge in [0.05, 0.1) is 11.2 Å². The van der Waals surface area contributed by atoms with Crippen LogP contribution in [-0.4, -0.2) is 15.0 Å². The molecule has 0 atom stereocenters. The van der Waals surface area contributed by atoms with Gasteiger partial charge in [-0.1, -0.05) is 23.2 Å². The monoisotopic (exact) mass is 371 g/mol. The molecular weight excluding hydrogens is 361 g/mol. The van der Waals surface area contributed by atoms with Crippen molar-refractivity contribution in [3.8, 4) is 17.6 Å². The van der Waals surface area contributed by atoms with Crippen molar-refractivity contribution in [2.45, 2.75) is 6.92 Å². The van der Waals surface area contributed by atoms with Crippen LogP contribution in [0.5, 0.6) is 11.5 Å². The third kappa shape index (κ3) is 3.97. The van der Waals surface area contributed by atoms with Crippen LogP contribution in [0.15, 0.2) is 42.9 Å². The highest BCUT2D eigenvalue weighted by atomic mass is 35.5. The number of nitrogens with one attached hydrogen (secondary N) is 1. The van der Waals surface area contributed by atoms with Gasteiger partial charge in [0, 0.05) is 11.4 Å². The van der Waals surface area contributed by atoms with Crippen LogP contribution in [0.25, 0.3) is 0 Å². The molecule has 2 heterocycles. The number of ether oxygens (including phenoxy) is 1. The average molecular weight is 372 g/mol. The summed E-state index contributed by atoms with van der Waals surface area (Å²) in [4.78, 5) is 12.0. The molecule has 8 heteroatoms. The van der Waals surface area contributed by atoms with Crippen LogP contribution < -0.4 is 10.1 Å². The summed E-state index contributed by atoms with van der Waals surface area (Å²) in [5.41, 5.74) is 1.69. The zero-order chi connectivity index (χ0) is 17.8. The van der Waals surface area contributed by atoms with E-state index in [1.807, 2.05) is 25.1 Å². The summed E-state index contributed by atoms with van der Waals surface area (Å²) in [6.07, 6.45) is 2.90. The predicted octanol–water partition coefficient (Wildman–Crippen LogP) is 4.89. The number of pyridine rings is 1. The molecule has 0 aliphatic heterocycles. The van der Waals surface area contributed by atoms with Gasteiger partial charge in [-0.05, 0) is 37.3 Å². The van der Waals surface area contributed by atoms with Crippen molar-refractivity contribution in [3.63, 3.8) is 0 Å². The van der Waals surface area contributed by atoms with Gasteiger partial charge < -0.3 is 10.1 Å². The summed E-state index contributed by atoms with van der Waals surface area (Å²) in [6.45, 7) is 1.89. The fourth-order valence-corrected chi connectivity index (χ4v) is 2.39. The molecule has 1 N–H and O–H groups in total. The fourth-order valence-electron chi connectivity index (χ4n) is 2.00. The lowest BCUT2D eigenvalue weighted by Gasteiger charge is -2.11. The minimum absolute atomic E-state index is 0.0814. The maximum absolute atomic E-state index is 9.15. The average Bonchev–Trinajstić information content (AvgIpc) is 2.59. The van der Waals surface area contributed by atoms with Crippen molar-refractivity contribution >= 4 is 34.7 Å². The third-order valence-corrected chi connectivity index (χ3v) is 3.80. The number of aromatic nitrogens is 3. The van der Waals surface area contributed by atoms with E-state index in [4.69, 9.17) is 33.2 Å². The molecule has 0 spiro atoms. The molecule has 2 aromatic heterocycles. The van der Waals surface area contributed by atoms with Crippen LogP contribution in [0.4, 0.5) is 11.5 Å². The zero-order valence-corrected chi connectivity index (χ0v) is 14.5. The molecule has 124 valence electrons. The molecule has 0 fully saturated rings. The van der Waals surface area contributed by atoms with E-state index in [-0.39, 0.29) is 10.7 Å². The molecular formula is C17H11Cl2N5O. The summed E-state index contributed by atoms with van der Waals surface area (Å²) in [5, 5.41) is 12.6. The number of benzene rings is 1. The Morgan fingerprint density at radius 2 is 1.96 bits per heavy atom. The van der Waals surface area contributed by atoms with E-state index in [2.05, 4.69) is 20.3 Å². The first-order chi connectivity index (χ1) is 12.1. The number of hydrogen-bond donors (Lipinski definition) is 1. The second-order valence-electron chi connectivity index (χ2n) is 5.01. The highest BCUT2D eigenvalue weighted by molar-refractivity contribution is 6.32. The van der Waals surface area contributed by atoms with Crippen LogP contribution >= 0.6 is 23.2 Å². The molecule has 1 aromatic carbocycles. The Balaban J connectivity index is 1.82. The predicted molar refractivity (Wildman–Crippen MR) is 95.5 cm³/mol. The van der Waals surface area contributed by atoms with Crippen molar-refractivity contribution < 1.29 is 4.74 Å². The number of anilines is 2. The van der Waals surface area contributed by atoms with Crippen molar-refractivity contribution in [2.24, 2.45) is 0 Å². The number of rotatable bonds is 4. The summed E-state index contributed by atoms with van der Waals surface area (Å²) in [6, 6.07) is 10.7. The van der Waals surface area contributed by atoms with E-state index in [0.717, 1.165) is 5.69 Å². The maximum Gasteiger partial charge on any atom is 0.153 e. The second kappa shape index (κ2) is 7.34. The molecule has 0 aliphatic carbocycles. The summed E-state index contributed by atoms with van der Waals surface area (Å²) < 4.78 is 5.71. The van der Waals surface area contributed by atoms with E-state index < -0.39 is 0 Å². The van der Waals surface area contributed by atoms with Gasteiger partial charge >= 0.3 is 0 Å². The van der Waals surface area contributed by atoms with Crippen LogP contribution in [0.3, 0.4) is 0 Å². The van der Waals surface area contributed by atoms with Gasteiger partial charge in [0.25, 0.3) is 0 Å². The lowest BCUT2D eigenvalue weighted by Crippen LogP contribution is -1.99. The van der Waals surface area contributed by atoms with Crippen molar-refractivity contribution in [1.82, 2.24) is 15.0 Å². The summed E-state index contributed by atoms with van der Waals surface area (Å²) >= 11 is 12.2. The zero-order valence-electron chi connectivity index (χ0n) is 13.0. The number of hydrogen-bond acceptors (Lipinski definition) is 6. The molecule has 0 saturated heterocycles. The standard InChI is InChI=1S/C17H11Cl2N5O/c1-10-2-4-12(8-21-10)25-15-5-3-11(6-14(15)18)24-17-13(7-20)16(19)22-9-23-17/h2-6,8-9H,1H3,(H,22,23,24). The van der Waals surface area contributed by atoms with Gasteiger partial charge in [0.2, 0.25) is 0 Å². The van der Waals surface area contributed by atoms with Gasteiger partial charge in [-0.3, -0.25) is 4.98 Å². The highest BCUT2D eigenvalue weighted by Crippen LogP contribution is 2.33. The lowest BCUT2D eigenvalue weighted by molar-refractivity contribution is 0.480. The van der Waals surface area contributed by atoms with E-state index >= 15 is 0 Å². The van der Waals surface area contributed by atoms with Crippen molar-refractivity contribution in [1.29, 1.82) is 5.26 Å². The molecule has 0 radical (unpaired) electrons. The van der Waals surface area contributed by atoms with Gasteiger partial charge in [0.15, 0.2) is 11.0 Å². The normalized spacial score (nSPS) is 10.2. The molecule has 0 amide bonds. The van der Waals surface area contributed by atoms with Gasteiger partial charge in [-0.25, -0.2) is 9.97 Å². The number of nitrogens with zero attached hydrogens (tertiary/aromatic N) is 4. The molecule has 3 rings (SSSR count). The summed E-state index contributed by atoms with van der Waals surface area (Å²) in [7, 11) is 0. The topological polar surface area (TPSA) is 83.7 Å². The van der Waals surface area contributed by atoms with Crippen LogP contribution in [-0.2, 0) is 0 Å². The third-order valence-electron chi connectivity index (χ3n) is 3.22. The minimum atomic E-state index is 0.0814. The van der Waals surface area contributed by atoms with Crippen LogP contribution in [0.1, 0.15) is 11.3 Å². The maximum atomic E-state index is 9.15. The quantitative estimate of drug-likeness (QED) is 0.656. The van der Waals surface area contributed by atoms with E-state index in [1.165, 1.54) is 6.33 Å². The Labute approximate surface area is 154 Å². The Morgan fingerprint density at radius 1 is 1.12 bits per heavy atom. The first kappa shape index (κ1) is 17.0. The molecule has 0 bridgehead atoms. The number of nitriles is 1. The fraction of sp³-hybridized carbons (Fsp3) is 0.0588. The Hall–Kier alpha value is -2.88. The van der Waals surface area contributed by atoms with E-state index in [1.54, 1.807) is 24.4 Å². The largest absolute Gasteiger partial charge is 0.454 e. The summed E-state index contributed by atoms with van der Waals surface area (Å²) in [5.74, 6) is 1.37. The first-order valence-electron chi connectivity index (χ1n) is 7.14. The first-order valence-corrected chi connectivity index (χ1v) is 7.90. The van der Waals surface area contributed by atoms with Crippen LogP contribution in [0, 0.1) is 18.3 Å².